The molecule has 0 saturated carbocycles. The number of hydrogen-bond donors (Lipinski definition) is 1. The zero-order valence-corrected chi connectivity index (χ0v) is 8.63. The van der Waals surface area contributed by atoms with Gasteiger partial charge in [-0.1, -0.05) is 20.3 Å². The van der Waals surface area contributed by atoms with Gasteiger partial charge in [0.05, 0.1) is 4.87 Å². The lowest BCUT2D eigenvalue weighted by atomic mass is 10.1. The summed E-state index contributed by atoms with van der Waals surface area (Å²) in [7, 11) is 0. The summed E-state index contributed by atoms with van der Waals surface area (Å²) in [5, 5.41) is 3.68. The fraction of sp³-hybridized carbons (Fsp3) is 1.00. The number of thioether (sulfide) groups is 1. The number of hydrogen-bond acceptors (Lipinski definition) is 2. The molecule has 0 aromatic carbocycles. The van der Waals surface area contributed by atoms with Crippen molar-refractivity contribution in [2.45, 2.75) is 50.9 Å². The first-order valence-corrected chi connectivity index (χ1v) is 5.60. The molecule has 0 radical (unpaired) electrons. The molecule has 1 fully saturated rings. The van der Waals surface area contributed by atoms with E-state index < -0.39 is 0 Å². The number of nitrogens with one attached hydrogen (secondary N) is 1. The van der Waals surface area contributed by atoms with Gasteiger partial charge in [-0.3, -0.25) is 5.32 Å². The zero-order valence-electron chi connectivity index (χ0n) is 7.81. The van der Waals surface area contributed by atoms with Crippen LogP contribution in [-0.2, 0) is 0 Å². The van der Waals surface area contributed by atoms with Gasteiger partial charge in [-0.05, 0) is 19.8 Å². The lowest BCUT2D eigenvalue weighted by molar-refractivity contribution is 0.431. The first-order valence-electron chi connectivity index (χ1n) is 4.62. The second-order valence-corrected chi connectivity index (χ2v) is 5.06. The molecular weight excluding hydrogens is 154 g/mol. The van der Waals surface area contributed by atoms with Crippen molar-refractivity contribution in [3.05, 3.63) is 0 Å². The molecule has 1 saturated heterocycles. The molecular formula is C9H19NS. The molecule has 1 aliphatic rings. The number of rotatable bonds is 3. The first kappa shape index (κ1) is 9.40. The minimum Gasteiger partial charge on any atom is -0.299 e. The molecule has 2 atom stereocenters. The fourth-order valence-corrected chi connectivity index (χ4v) is 3.13. The van der Waals surface area contributed by atoms with Crippen LogP contribution in [0.2, 0.25) is 0 Å². The average molecular weight is 173 g/mol. The topological polar surface area (TPSA) is 12.0 Å². The third-order valence-corrected chi connectivity index (χ3v) is 3.86. The molecule has 2 unspecified atom stereocenters. The largest absolute Gasteiger partial charge is 0.299 e. The van der Waals surface area contributed by atoms with Crippen LogP contribution in [0.3, 0.4) is 0 Å². The van der Waals surface area contributed by atoms with E-state index in [4.69, 9.17) is 0 Å². The van der Waals surface area contributed by atoms with Gasteiger partial charge in [-0.2, -0.15) is 0 Å². The normalized spacial score (nSPS) is 37.9. The molecule has 11 heavy (non-hydrogen) atoms. The maximum atomic E-state index is 3.68. The predicted molar refractivity (Wildman–Crippen MR) is 53.0 cm³/mol. The van der Waals surface area contributed by atoms with Crippen LogP contribution < -0.4 is 5.32 Å². The molecule has 1 rings (SSSR count). The van der Waals surface area contributed by atoms with E-state index in [0.29, 0.717) is 4.87 Å². The van der Waals surface area contributed by atoms with Gasteiger partial charge in [0.1, 0.15) is 0 Å². The highest BCUT2D eigenvalue weighted by Crippen LogP contribution is 2.34. The minimum absolute atomic E-state index is 0.384. The Morgan fingerprint density at radius 2 is 2.27 bits per heavy atom. The lowest BCUT2D eigenvalue weighted by Crippen LogP contribution is -2.38. The Morgan fingerprint density at radius 3 is 2.73 bits per heavy atom. The van der Waals surface area contributed by atoms with Gasteiger partial charge in [0.25, 0.3) is 0 Å². The maximum Gasteiger partial charge on any atom is 0.0619 e. The van der Waals surface area contributed by atoms with Crippen molar-refractivity contribution in [3.8, 4) is 0 Å². The Hall–Kier alpha value is 0.310. The van der Waals surface area contributed by atoms with E-state index in [9.17, 15) is 0 Å². The summed E-state index contributed by atoms with van der Waals surface area (Å²) in [5.74, 6) is 1.30. The lowest BCUT2D eigenvalue weighted by Gasteiger charge is -2.23. The van der Waals surface area contributed by atoms with Gasteiger partial charge in [-0.15, -0.1) is 11.8 Å². The highest BCUT2D eigenvalue weighted by atomic mass is 32.2. The van der Waals surface area contributed by atoms with Crippen LogP contribution in [0.15, 0.2) is 0 Å². The van der Waals surface area contributed by atoms with Crippen molar-refractivity contribution in [2.24, 2.45) is 0 Å². The van der Waals surface area contributed by atoms with Crippen molar-refractivity contribution < 1.29 is 0 Å². The summed E-state index contributed by atoms with van der Waals surface area (Å²) >= 11 is 2.09. The molecule has 0 aliphatic carbocycles. The smallest absolute Gasteiger partial charge is 0.0619 e. The van der Waals surface area contributed by atoms with Gasteiger partial charge in [0, 0.05) is 11.8 Å². The van der Waals surface area contributed by atoms with Crippen molar-refractivity contribution in [2.75, 3.05) is 5.75 Å². The zero-order chi connectivity index (χ0) is 8.32. The van der Waals surface area contributed by atoms with Gasteiger partial charge < -0.3 is 0 Å². The summed E-state index contributed by atoms with van der Waals surface area (Å²) in [4.78, 5) is 0.384. The molecule has 1 nitrogen and oxygen atoms in total. The highest BCUT2D eigenvalue weighted by Gasteiger charge is 2.32. The SMILES string of the molecule is CCCC1(C)NC(CC)CS1. The highest BCUT2D eigenvalue weighted by molar-refractivity contribution is 8.00. The fourth-order valence-electron chi connectivity index (χ4n) is 1.64. The van der Waals surface area contributed by atoms with Gasteiger partial charge in [-0.25, -0.2) is 0 Å². The molecule has 2 heteroatoms. The van der Waals surface area contributed by atoms with Gasteiger partial charge in [0.15, 0.2) is 0 Å². The summed E-state index contributed by atoms with van der Waals surface area (Å²) in [6.45, 7) is 6.85. The van der Waals surface area contributed by atoms with Crippen LogP contribution >= 0.6 is 11.8 Å². The molecule has 0 aromatic rings. The predicted octanol–water partition coefficient (Wildman–Crippen LogP) is 2.62. The van der Waals surface area contributed by atoms with Crippen molar-refractivity contribution in [3.63, 3.8) is 0 Å². The van der Waals surface area contributed by atoms with E-state index >= 15 is 0 Å². The quantitative estimate of drug-likeness (QED) is 0.704. The molecule has 0 bridgehead atoms. The first-order chi connectivity index (χ1) is 5.20. The van der Waals surface area contributed by atoms with E-state index in [-0.39, 0.29) is 0 Å². The summed E-state index contributed by atoms with van der Waals surface area (Å²) in [6.07, 6.45) is 3.85. The minimum atomic E-state index is 0.384. The van der Waals surface area contributed by atoms with Crippen LogP contribution in [0.25, 0.3) is 0 Å². The van der Waals surface area contributed by atoms with Crippen LogP contribution in [-0.4, -0.2) is 16.7 Å². The maximum absolute atomic E-state index is 3.68. The Balaban J connectivity index is 2.37. The van der Waals surface area contributed by atoms with Crippen molar-refractivity contribution >= 4 is 11.8 Å². The Bertz CT molecular complexity index is 127. The van der Waals surface area contributed by atoms with E-state index in [1.165, 1.54) is 25.0 Å². The standard InChI is InChI=1S/C9H19NS/c1-4-6-9(3)10-8(5-2)7-11-9/h8,10H,4-7H2,1-3H3. The Kier molecular flexibility index (Phi) is 3.26. The van der Waals surface area contributed by atoms with E-state index in [2.05, 4.69) is 37.8 Å². The van der Waals surface area contributed by atoms with E-state index in [0.717, 1.165) is 6.04 Å². The molecule has 0 spiro atoms. The van der Waals surface area contributed by atoms with Crippen molar-refractivity contribution in [1.82, 2.24) is 5.32 Å². The second kappa shape index (κ2) is 3.81. The average Bonchev–Trinajstić information content (AvgIpc) is 2.33. The van der Waals surface area contributed by atoms with Crippen LogP contribution in [0.4, 0.5) is 0 Å². The second-order valence-electron chi connectivity index (χ2n) is 3.54. The molecule has 0 aromatic heterocycles. The Morgan fingerprint density at radius 1 is 1.55 bits per heavy atom. The summed E-state index contributed by atoms with van der Waals surface area (Å²) < 4.78 is 0. The third kappa shape index (κ3) is 2.38. The molecule has 1 heterocycles. The third-order valence-electron chi connectivity index (χ3n) is 2.33. The van der Waals surface area contributed by atoms with Crippen LogP contribution in [0, 0.1) is 0 Å². The van der Waals surface area contributed by atoms with E-state index in [1.807, 2.05) is 0 Å². The molecule has 66 valence electrons. The van der Waals surface area contributed by atoms with Crippen LogP contribution in [0.1, 0.15) is 40.0 Å². The molecule has 1 N–H and O–H groups in total. The summed E-state index contributed by atoms with van der Waals surface area (Å²) in [5.41, 5.74) is 0. The van der Waals surface area contributed by atoms with Crippen molar-refractivity contribution in [1.29, 1.82) is 0 Å². The summed E-state index contributed by atoms with van der Waals surface area (Å²) in [6, 6.07) is 0.761. The molecule has 1 aliphatic heterocycles. The van der Waals surface area contributed by atoms with Gasteiger partial charge in [0.2, 0.25) is 0 Å². The molecule has 0 amide bonds. The monoisotopic (exact) mass is 173 g/mol. The Labute approximate surface area is 74.3 Å². The van der Waals surface area contributed by atoms with Crippen LogP contribution in [0.5, 0.6) is 0 Å². The van der Waals surface area contributed by atoms with E-state index in [1.54, 1.807) is 0 Å². The van der Waals surface area contributed by atoms with Gasteiger partial charge >= 0.3 is 0 Å².